The molecule has 7 nitrogen and oxygen atoms in total. The van der Waals surface area contributed by atoms with Crippen molar-refractivity contribution >= 4 is 23.3 Å². The third-order valence-electron chi connectivity index (χ3n) is 3.65. The molecule has 2 heterocycles. The van der Waals surface area contributed by atoms with Gasteiger partial charge in [-0.3, -0.25) is 0 Å². The van der Waals surface area contributed by atoms with Crippen molar-refractivity contribution in [1.29, 1.82) is 0 Å². The van der Waals surface area contributed by atoms with Crippen LogP contribution in [0.5, 0.6) is 0 Å². The number of carboxylic acid groups (broad SMARTS) is 1. The number of aliphatic hydroxyl groups excluding tert-OH is 1. The molecule has 2 rings (SSSR count). The number of nitrogens with one attached hydrogen (secondary N) is 1. The summed E-state index contributed by atoms with van der Waals surface area (Å²) in [6.45, 7) is 4.66. The lowest BCUT2D eigenvalue weighted by Crippen LogP contribution is -2.40. The van der Waals surface area contributed by atoms with Gasteiger partial charge in [0.2, 0.25) is 0 Å². The second-order valence-corrected chi connectivity index (χ2v) is 6.17. The topological polar surface area (TPSA) is 103 Å². The molecule has 1 saturated heterocycles. The summed E-state index contributed by atoms with van der Waals surface area (Å²) in [4.78, 5) is 28.6. The van der Waals surface area contributed by atoms with Gasteiger partial charge in [0.15, 0.2) is 5.69 Å². The second-order valence-electron chi connectivity index (χ2n) is 5.28. The molecule has 0 saturated carbocycles. The Morgan fingerprint density at radius 3 is 2.76 bits per heavy atom. The SMILES string of the molecule is CC(NC(=O)N1CCC(C(C)O)C1)c1nc(C(=O)O)cs1. The third-order valence-corrected chi connectivity index (χ3v) is 4.67. The van der Waals surface area contributed by atoms with Crippen LogP contribution in [0.25, 0.3) is 0 Å². The Balaban J connectivity index is 1.91. The minimum Gasteiger partial charge on any atom is -0.476 e. The molecule has 0 radical (unpaired) electrons. The first-order valence-corrected chi connectivity index (χ1v) is 7.68. The van der Waals surface area contributed by atoms with Crippen molar-refractivity contribution in [2.45, 2.75) is 32.4 Å². The predicted molar refractivity (Wildman–Crippen MR) is 77.4 cm³/mol. The number of aromatic nitrogens is 1. The zero-order chi connectivity index (χ0) is 15.6. The van der Waals surface area contributed by atoms with Gasteiger partial charge in [-0.25, -0.2) is 14.6 Å². The van der Waals surface area contributed by atoms with Crippen molar-refractivity contribution in [3.8, 4) is 0 Å². The van der Waals surface area contributed by atoms with Gasteiger partial charge in [0, 0.05) is 24.4 Å². The number of urea groups is 1. The summed E-state index contributed by atoms with van der Waals surface area (Å²) in [6.07, 6.45) is 0.372. The maximum Gasteiger partial charge on any atom is 0.355 e. The molecule has 3 N–H and O–H groups in total. The number of amides is 2. The van der Waals surface area contributed by atoms with Crippen LogP contribution >= 0.6 is 11.3 Å². The predicted octanol–water partition coefficient (Wildman–Crippen LogP) is 1.31. The number of hydrogen-bond acceptors (Lipinski definition) is 5. The highest BCUT2D eigenvalue weighted by atomic mass is 32.1. The number of aromatic carboxylic acids is 1. The molecule has 1 aromatic rings. The third kappa shape index (κ3) is 3.70. The van der Waals surface area contributed by atoms with Crippen molar-refractivity contribution in [3.05, 3.63) is 16.1 Å². The maximum atomic E-state index is 12.1. The minimum absolute atomic E-state index is 0.00793. The molecule has 1 fully saturated rings. The molecule has 0 bridgehead atoms. The lowest BCUT2D eigenvalue weighted by atomic mass is 10.0. The summed E-state index contributed by atoms with van der Waals surface area (Å²) >= 11 is 1.21. The summed E-state index contributed by atoms with van der Waals surface area (Å²) < 4.78 is 0. The van der Waals surface area contributed by atoms with Gasteiger partial charge in [0.1, 0.15) is 5.01 Å². The fourth-order valence-corrected chi connectivity index (χ4v) is 3.09. The van der Waals surface area contributed by atoms with Gasteiger partial charge in [-0.2, -0.15) is 0 Å². The first-order chi connectivity index (χ1) is 9.88. The minimum atomic E-state index is -1.07. The van der Waals surface area contributed by atoms with E-state index < -0.39 is 12.1 Å². The number of carbonyl (C=O) groups is 2. The largest absolute Gasteiger partial charge is 0.476 e. The van der Waals surface area contributed by atoms with Crippen LogP contribution in [0.1, 0.15) is 41.8 Å². The van der Waals surface area contributed by atoms with E-state index in [9.17, 15) is 14.7 Å². The van der Waals surface area contributed by atoms with Crippen molar-refractivity contribution < 1.29 is 19.8 Å². The first kappa shape index (κ1) is 15.7. The van der Waals surface area contributed by atoms with E-state index in [-0.39, 0.29) is 23.7 Å². The quantitative estimate of drug-likeness (QED) is 0.778. The number of rotatable bonds is 4. The second kappa shape index (κ2) is 6.40. The Morgan fingerprint density at radius 1 is 1.52 bits per heavy atom. The van der Waals surface area contributed by atoms with Gasteiger partial charge >= 0.3 is 12.0 Å². The lowest BCUT2D eigenvalue weighted by molar-refractivity contribution is 0.0691. The molecule has 8 heteroatoms. The van der Waals surface area contributed by atoms with Gasteiger partial charge in [-0.05, 0) is 20.3 Å². The molecule has 0 aromatic carbocycles. The fourth-order valence-electron chi connectivity index (χ4n) is 2.29. The van der Waals surface area contributed by atoms with Gasteiger partial charge < -0.3 is 20.4 Å². The Hall–Kier alpha value is -1.67. The standard InChI is InChI=1S/C13H19N3O4S/c1-7(11-15-10(6-21-11)12(18)19)14-13(20)16-4-3-9(5-16)8(2)17/h6-9,17H,3-5H2,1-2H3,(H,14,20)(H,18,19). The van der Waals surface area contributed by atoms with E-state index >= 15 is 0 Å². The number of nitrogens with zero attached hydrogens (tertiary/aromatic N) is 2. The van der Waals surface area contributed by atoms with Crippen molar-refractivity contribution in [2.75, 3.05) is 13.1 Å². The summed E-state index contributed by atoms with van der Waals surface area (Å²) in [6, 6.07) is -0.557. The smallest absolute Gasteiger partial charge is 0.355 e. The molecule has 1 aliphatic heterocycles. The van der Waals surface area contributed by atoms with Crippen molar-refractivity contribution in [1.82, 2.24) is 15.2 Å². The molecule has 1 aromatic heterocycles. The first-order valence-electron chi connectivity index (χ1n) is 6.80. The Morgan fingerprint density at radius 2 is 2.24 bits per heavy atom. The number of thiazole rings is 1. The average Bonchev–Trinajstić information content (AvgIpc) is 3.08. The summed E-state index contributed by atoms with van der Waals surface area (Å²) in [5.74, 6) is -0.958. The van der Waals surface area contributed by atoms with Gasteiger partial charge in [0.25, 0.3) is 0 Å². The highest BCUT2D eigenvalue weighted by Gasteiger charge is 2.30. The molecule has 3 unspecified atom stereocenters. The molecule has 0 aliphatic carbocycles. The highest BCUT2D eigenvalue weighted by molar-refractivity contribution is 7.09. The van der Waals surface area contributed by atoms with Crippen LogP contribution in [0.3, 0.4) is 0 Å². The Labute approximate surface area is 126 Å². The van der Waals surface area contributed by atoms with Gasteiger partial charge in [0.05, 0.1) is 12.1 Å². The van der Waals surface area contributed by atoms with Crippen LogP contribution in [0.15, 0.2) is 5.38 Å². The van der Waals surface area contributed by atoms with E-state index in [2.05, 4.69) is 10.3 Å². The fraction of sp³-hybridized carbons (Fsp3) is 0.615. The lowest BCUT2D eigenvalue weighted by Gasteiger charge is -2.20. The highest BCUT2D eigenvalue weighted by Crippen LogP contribution is 2.22. The zero-order valence-corrected chi connectivity index (χ0v) is 12.8. The summed E-state index contributed by atoms with van der Waals surface area (Å²) in [5, 5.41) is 23.2. The summed E-state index contributed by atoms with van der Waals surface area (Å²) in [5.41, 5.74) is -0.00793. The van der Waals surface area contributed by atoms with Crippen molar-refractivity contribution in [2.24, 2.45) is 5.92 Å². The number of likely N-dealkylation sites (tertiary alicyclic amines) is 1. The van der Waals surface area contributed by atoms with E-state index in [4.69, 9.17) is 5.11 Å². The number of carbonyl (C=O) groups excluding carboxylic acids is 1. The van der Waals surface area contributed by atoms with E-state index in [1.165, 1.54) is 16.7 Å². The van der Waals surface area contributed by atoms with Crippen LogP contribution in [0.4, 0.5) is 4.79 Å². The van der Waals surface area contributed by atoms with E-state index in [0.29, 0.717) is 18.1 Å². The van der Waals surface area contributed by atoms with Crippen LogP contribution in [0, 0.1) is 5.92 Å². The number of aliphatic hydroxyl groups is 1. The van der Waals surface area contributed by atoms with Crippen LogP contribution in [-0.4, -0.2) is 51.3 Å². The van der Waals surface area contributed by atoms with E-state index in [1.807, 2.05) is 0 Å². The monoisotopic (exact) mass is 313 g/mol. The zero-order valence-electron chi connectivity index (χ0n) is 11.9. The number of carboxylic acids is 1. The molecule has 3 atom stereocenters. The molecule has 21 heavy (non-hydrogen) atoms. The molecule has 116 valence electrons. The molecule has 0 spiro atoms. The van der Waals surface area contributed by atoms with Crippen LogP contribution < -0.4 is 5.32 Å². The van der Waals surface area contributed by atoms with Gasteiger partial charge in [-0.1, -0.05) is 0 Å². The van der Waals surface area contributed by atoms with Crippen LogP contribution in [-0.2, 0) is 0 Å². The Bertz CT molecular complexity index is 531. The van der Waals surface area contributed by atoms with E-state index in [0.717, 1.165) is 6.42 Å². The normalized spacial score (nSPS) is 21.1. The molecule has 1 aliphatic rings. The average molecular weight is 313 g/mol. The Kier molecular flexibility index (Phi) is 4.79. The van der Waals surface area contributed by atoms with Crippen LogP contribution in [0.2, 0.25) is 0 Å². The molecule has 2 amide bonds. The van der Waals surface area contributed by atoms with Gasteiger partial charge in [-0.15, -0.1) is 11.3 Å². The van der Waals surface area contributed by atoms with E-state index in [1.54, 1.807) is 18.7 Å². The number of hydrogen-bond donors (Lipinski definition) is 3. The molecular weight excluding hydrogens is 294 g/mol. The maximum absolute atomic E-state index is 12.1. The van der Waals surface area contributed by atoms with Crippen molar-refractivity contribution in [3.63, 3.8) is 0 Å². The molecular formula is C13H19N3O4S. The summed E-state index contributed by atoms with van der Waals surface area (Å²) in [7, 11) is 0.